The van der Waals surface area contributed by atoms with Crippen molar-refractivity contribution >= 4 is 17.4 Å². The number of anilines is 2. The number of benzene rings is 1. The molecule has 0 spiro atoms. The summed E-state index contributed by atoms with van der Waals surface area (Å²) < 4.78 is 10.6. The Kier molecular flexibility index (Phi) is 4.98. The van der Waals surface area contributed by atoms with Gasteiger partial charge in [0.25, 0.3) is 0 Å². The Morgan fingerprint density at radius 1 is 1.16 bits per heavy atom. The fourth-order valence-electron chi connectivity index (χ4n) is 2.20. The van der Waals surface area contributed by atoms with Gasteiger partial charge in [0.1, 0.15) is 11.8 Å². The first-order valence-corrected chi connectivity index (χ1v) is 7.84. The molecule has 0 saturated heterocycles. The average molecular weight is 341 g/mol. The van der Waals surface area contributed by atoms with Crippen LogP contribution in [-0.4, -0.2) is 16.2 Å². The summed E-state index contributed by atoms with van der Waals surface area (Å²) in [4.78, 5) is 11.9. The summed E-state index contributed by atoms with van der Waals surface area (Å²) in [6, 6.07) is 10.5. The lowest BCUT2D eigenvalue weighted by atomic mass is 10.2. The third-order valence-electron chi connectivity index (χ3n) is 3.44. The van der Waals surface area contributed by atoms with Crippen molar-refractivity contribution in [2.75, 3.05) is 10.6 Å². The van der Waals surface area contributed by atoms with Crippen molar-refractivity contribution in [1.29, 1.82) is 0 Å². The van der Waals surface area contributed by atoms with Gasteiger partial charge in [0.15, 0.2) is 0 Å². The maximum absolute atomic E-state index is 11.9. The van der Waals surface area contributed by atoms with E-state index in [1.807, 2.05) is 19.1 Å². The Morgan fingerprint density at radius 3 is 2.56 bits per heavy atom. The molecule has 2 heterocycles. The minimum absolute atomic E-state index is 0.114. The van der Waals surface area contributed by atoms with Crippen LogP contribution in [-0.2, 0) is 6.54 Å². The zero-order valence-corrected chi connectivity index (χ0v) is 13.9. The van der Waals surface area contributed by atoms with Crippen molar-refractivity contribution < 1.29 is 13.6 Å². The summed E-state index contributed by atoms with van der Waals surface area (Å²) in [5.41, 5.74) is 1.56. The zero-order chi connectivity index (χ0) is 17.6. The van der Waals surface area contributed by atoms with Crippen LogP contribution < -0.4 is 16.0 Å². The van der Waals surface area contributed by atoms with Crippen LogP contribution in [0.4, 0.5) is 16.2 Å². The molecular formula is C17H19N5O3. The molecule has 0 radical (unpaired) electrons. The van der Waals surface area contributed by atoms with Gasteiger partial charge in [-0.15, -0.1) is 10.2 Å². The number of nitrogens with one attached hydrogen (secondary N) is 3. The molecule has 25 heavy (non-hydrogen) atoms. The minimum atomic E-state index is -0.299. The number of hydrogen-bond donors (Lipinski definition) is 3. The van der Waals surface area contributed by atoms with Gasteiger partial charge in [-0.05, 0) is 43.3 Å². The number of rotatable bonds is 6. The maximum atomic E-state index is 11.9. The van der Waals surface area contributed by atoms with E-state index in [1.54, 1.807) is 37.5 Å². The van der Waals surface area contributed by atoms with E-state index >= 15 is 0 Å². The highest BCUT2D eigenvalue weighted by atomic mass is 16.4. The van der Waals surface area contributed by atoms with Gasteiger partial charge in [0.2, 0.25) is 11.8 Å². The summed E-state index contributed by atoms with van der Waals surface area (Å²) in [5.74, 6) is 1.75. The molecule has 1 atom stereocenters. The second-order valence-electron chi connectivity index (χ2n) is 5.49. The smallest absolute Gasteiger partial charge is 0.319 e. The lowest BCUT2D eigenvalue weighted by molar-refractivity contribution is 0.251. The second-order valence-corrected chi connectivity index (χ2v) is 5.49. The van der Waals surface area contributed by atoms with Gasteiger partial charge in [-0.3, -0.25) is 0 Å². The Labute approximate surface area is 144 Å². The van der Waals surface area contributed by atoms with Crippen LogP contribution >= 0.6 is 0 Å². The molecule has 130 valence electrons. The van der Waals surface area contributed by atoms with Gasteiger partial charge in [-0.1, -0.05) is 0 Å². The lowest BCUT2D eigenvalue weighted by Crippen LogP contribution is -2.27. The molecule has 3 rings (SSSR count). The molecule has 1 aromatic carbocycles. The molecule has 0 unspecified atom stereocenters. The number of urea groups is 1. The molecule has 8 nitrogen and oxygen atoms in total. The number of aromatic nitrogens is 2. The minimum Gasteiger partial charge on any atom is -0.467 e. The topological polar surface area (TPSA) is 105 Å². The van der Waals surface area contributed by atoms with Gasteiger partial charge < -0.3 is 24.8 Å². The van der Waals surface area contributed by atoms with Gasteiger partial charge >= 0.3 is 6.03 Å². The van der Waals surface area contributed by atoms with E-state index in [4.69, 9.17) is 8.83 Å². The van der Waals surface area contributed by atoms with E-state index in [1.165, 1.54) is 0 Å². The molecule has 2 aromatic heterocycles. The number of furan rings is 1. The molecule has 3 aromatic rings. The van der Waals surface area contributed by atoms with Crippen LogP contribution in [0.25, 0.3) is 0 Å². The van der Waals surface area contributed by atoms with Crippen LogP contribution in [0.2, 0.25) is 0 Å². The first-order chi connectivity index (χ1) is 12.1. The van der Waals surface area contributed by atoms with E-state index in [0.29, 0.717) is 29.8 Å². The van der Waals surface area contributed by atoms with E-state index in [0.717, 1.165) is 5.69 Å². The summed E-state index contributed by atoms with van der Waals surface area (Å²) in [5, 5.41) is 16.5. The molecule has 0 aliphatic heterocycles. The van der Waals surface area contributed by atoms with E-state index in [2.05, 4.69) is 26.1 Å². The molecule has 8 heteroatoms. The number of aryl methyl sites for hydroxylation is 1. The number of carbonyl (C=O) groups excluding carboxylic acids is 1. The monoisotopic (exact) mass is 341 g/mol. The first kappa shape index (κ1) is 16.6. The highest BCUT2D eigenvalue weighted by Gasteiger charge is 2.12. The van der Waals surface area contributed by atoms with Crippen molar-refractivity contribution in [2.24, 2.45) is 0 Å². The number of carbonyl (C=O) groups is 1. The molecule has 0 aliphatic rings. The molecular weight excluding hydrogens is 322 g/mol. The zero-order valence-electron chi connectivity index (χ0n) is 13.9. The van der Waals surface area contributed by atoms with Crippen LogP contribution in [0, 0.1) is 6.92 Å². The maximum Gasteiger partial charge on any atom is 0.319 e. The molecule has 0 bridgehead atoms. The fraction of sp³-hybridized carbons (Fsp3) is 0.235. The normalized spacial score (nSPS) is 11.8. The molecule has 3 N–H and O–H groups in total. The Morgan fingerprint density at radius 2 is 1.92 bits per heavy atom. The molecule has 0 saturated carbocycles. The fourth-order valence-corrected chi connectivity index (χ4v) is 2.20. The predicted octanol–water partition coefficient (Wildman–Crippen LogP) is 3.47. The summed E-state index contributed by atoms with van der Waals surface area (Å²) in [6.45, 7) is 4.02. The Balaban J connectivity index is 1.50. The third kappa shape index (κ3) is 4.60. The number of nitrogens with zero attached hydrogens (tertiary/aromatic N) is 2. The van der Waals surface area contributed by atoms with E-state index < -0.39 is 0 Å². The Bertz CT molecular complexity index is 811. The van der Waals surface area contributed by atoms with Crippen LogP contribution in [0.1, 0.15) is 30.5 Å². The van der Waals surface area contributed by atoms with Gasteiger partial charge in [0, 0.05) is 18.3 Å². The van der Waals surface area contributed by atoms with Gasteiger partial charge in [-0.2, -0.15) is 0 Å². The van der Waals surface area contributed by atoms with Gasteiger partial charge in [-0.25, -0.2) is 4.79 Å². The molecule has 0 aliphatic carbocycles. The second kappa shape index (κ2) is 7.52. The van der Waals surface area contributed by atoms with Crippen molar-refractivity contribution in [1.82, 2.24) is 15.5 Å². The highest BCUT2D eigenvalue weighted by molar-refractivity contribution is 5.89. The van der Waals surface area contributed by atoms with Crippen molar-refractivity contribution in [3.8, 4) is 0 Å². The SMILES string of the molecule is Cc1nnc([C@@H](C)Nc2ccc(NC(=O)NCc3ccco3)cc2)o1. The summed E-state index contributed by atoms with van der Waals surface area (Å²) >= 11 is 0. The standard InChI is InChI=1S/C17H19N5O3/c1-11(16-22-21-12(2)25-16)19-13-5-7-14(8-6-13)20-17(23)18-10-15-4-3-9-24-15/h3-9,11,19H,10H2,1-2H3,(H2,18,20,23)/t11-/m1/s1. The first-order valence-electron chi connectivity index (χ1n) is 7.84. The van der Waals surface area contributed by atoms with Crippen molar-refractivity contribution in [3.05, 3.63) is 60.2 Å². The largest absolute Gasteiger partial charge is 0.467 e. The van der Waals surface area contributed by atoms with Crippen molar-refractivity contribution in [3.63, 3.8) is 0 Å². The predicted molar refractivity (Wildman–Crippen MR) is 92.1 cm³/mol. The molecule has 0 fully saturated rings. The number of hydrogen-bond acceptors (Lipinski definition) is 6. The lowest BCUT2D eigenvalue weighted by Gasteiger charge is -2.12. The number of amides is 2. The quantitative estimate of drug-likeness (QED) is 0.634. The highest BCUT2D eigenvalue weighted by Crippen LogP contribution is 2.20. The molecule has 2 amide bonds. The Hall–Kier alpha value is -3.29. The summed E-state index contributed by atoms with van der Waals surface area (Å²) in [6.07, 6.45) is 1.57. The average Bonchev–Trinajstić information content (AvgIpc) is 3.26. The summed E-state index contributed by atoms with van der Waals surface area (Å²) in [7, 11) is 0. The third-order valence-corrected chi connectivity index (χ3v) is 3.44. The van der Waals surface area contributed by atoms with Gasteiger partial charge in [0.05, 0.1) is 12.8 Å². The van der Waals surface area contributed by atoms with Crippen LogP contribution in [0.5, 0.6) is 0 Å². The van der Waals surface area contributed by atoms with Crippen molar-refractivity contribution in [2.45, 2.75) is 26.4 Å². The van der Waals surface area contributed by atoms with Crippen LogP contribution in [0.15, 0.2) is 51.5 Å². The van der Waals surface area contributed by atoms with E-state index in [9.17, 15) is 4.79 Å². The van der Waals surface area contributed by atoms with E-state index in [-0.39, 0.29) is 12.1 Å². The van der Waals surface area contributed by atoms with Crippen LogP contribution in [0.3, 0.4) is 0 Å².